The number of aldehydes is 2. The van der Waals surface area contributed by atoms with Crippen LogP contribution in [0.25, 0.3) is 10.8 Å². The molecule has 154 valence electrons. The molecule has 0 amide bonds. The molecule has 0 radical (unpaired) electrons. The Morgan fingerprint density at radius 1 is 1.14 bits per heavy atom. The minimum atomic E-state index is -0.409. The number of allylic oxidation sites excluding steroid dienone is 3. The van der Waals surface area contributed by atoms with Crippen LogP contribution >= 0.6 is 0 Å². The monoisotopic (exact) mass is 390 g/mol. The highest BCUT2D eigenvalue weighted by molar-refractivity contribution is 5.99. The van der Waals surface area contributed by atoms with Crippen LogP contribution in [0, 0.1) is 11.3 Å². The van der Waals surface area contributed by atoms with E-state index in [0.717, 1.165) is 78.6 Å². The number of benzene rings is 2. The summed E-state index contributed by atoms with van der Waals surface area (Å²) >= 11 is 0. The quantitative estimate of drug-likeness (QED) is 0.285. The first-order valence-corrected chi connectivity index (χ1v) is 10.7. The summed E-state index contributed by atoms with van der Waals surface area (Å²) in [4.78, 5) is 24.1. The molecule has 2 heteroatoms. The molecule has 0 saturated carbocycles. The molecule has 1 unspecified atom stereocenters. The molecule has 0 N–H and O–H groups in total. The molecule has 0 spiro atoms. The second-order valence-corrected chi connectivity index (χ2v) is 8.34. The lowest BCUT2D eigenvalue weighted by molar-refractivity contribution is -0.117. The van der Waals surface area contributed by atoms with Crippen molar-refractivity contribution in [1.82, 2.24) is 0 Å². The Labute approximate surface area is 175 Å². The Kier molecular flexibility index (Phi) is 8.57. The van der Waals surface area contributed by atoms with Gasteiger partial charge >= 0.3 is 0 Å². The Morgan fingerprint density at radius 3 is 2.55 bits per heavy atom. The van der Waals surface area contributed by atoms with E-state index in [2.05, 4.69) is 38.6 Å². The van der Waals surface area contributed by atoms with Crippen molar-refractivity contribution in [2.45, 2.75) is 59.3 Å². The lowest BCUT2D eigenvalue weighted by Gasteiger charge is -2.29. The van der Waals surface area contributed by atoms with Crippen molar-refractivity contribution >= 4 is 23.3 Å². The maximum Gasteiger partial charge on any atom is 0.150 e. The molecule has 0 saturated heterocycles. The first-order chi connectivity index (χ1) is 14.0. The smallest absolute Gasteiger partial charge is 0.150 e. The van der Waals surface area contributed by atoms with Crippen LogP contribution in [-0.2, 0) is 11.2 Å². The lowest BCUT2D eigenvalue weighted by atomic mass is 9.73. The standard InChI is InChI=1S/C27H34O2/c1-5-9-21(3)17-22(4)18-27(20-29,15-6-2)16-14-24-13-12-23-10-7-8-11-25(23)26(24)19-28/h5,7-13,19-21H,4,6,14-18H2,1-3H3/b9-5-/t21-,27?/m1/s1. The number of fused-ring (bicyclic) bond motifs is 1. The third-order valence-electron chi connectivity index (χ3n) is 5.80. The van der Waals surface area contributed by atoms with Crippen molar-refractivity contribution in [3.05, 3.63) is 71.8 Å². The molecule has 0 heterocycles. The first-order valence-electron chi connectivity index (χ1n) is 10.7. The summed E-state index contributed by atoms with van der Waals surface area (Å²) in [7, 11) is 0. The third-order valence-corrected chi connectivity index (χ3v) is 5.80. The van der Waals surface area contributed by atoms with Gasteiger partial charge in [0.05, 0.1) is 0 Å². The molecule has 0 aliphatic rings. The number of hydrogen-bond donors (Lipinski definition) is 0. The Morgan fingerprint density at radius 2 is 1.90 bits per heavy atom. The second-order valence-electron chi connectivity index (χ2n) is 8.34. The highest BCUT2D eigenvalue weighted by Crippen LogP contribution is 2.37. The van der Waals surface area contributed by atoms with Gasteiger partial charge in [-0.15, -0.1) is 0 Å². The average Bonchev–Trinajstić information content (AvgIpc) is 2.71. The number of rotatable bonds is 12. The minimum absolute atomic E-state index is 0.409. The predicted octanol–water partition coefficient (Wildman–Crippen LogP) is 7.12. The van der Waals surface area contributed by atoms with Crippen LogP contribution in [0.15, 0.2) is 60.7 Å². The summed E-state index contributed by atoms with van der Waals surface area (Å²) in [6.07, 6.45) is 11.2. The molecule has 2 aromatic carbocycles. The predicted molar refractivity (Wildman–Crippen MR) is 123 cm³/mol. The van der Waals surface area contributed by atoms with Crippen LogP contribution in [0.5, 0.6) is 0 Å². The van der Waals surface area contributed by atoms with Crippen LogP contribution in [0.4, 0.5) is 0 Å². The Bertz CT molecular complexity index is 877. The molecule has 0 fully saturated rings. The fraction of sp³-hybridized carbons (Fsp3) is 0.407. The maximum atomic E-state index is 12.2. The molecule has 0 bridgehead atoms. The minimum Gasteiger partial charge on any atom is -0.303 e. The number of carbonyl (C=O) groups excluding carboxylic acids is 2. The van der Waals surface area contributed by atoms with Crippen LogP contribution in [0.3, 0.4) is 0 Å². The van der Waals surface area contributed by atoms with E-state index in [4.69, 9.17) is 0 Å². The number of hydrogen-bond acceptors (Lipinski definition) is 2. The van der Waals surface area contributed by atoms with E-state index in [9.17, 15) is 9.59 Å². The van der Waals surface area contributed by atoms with Crippen LogP contribution in [0.1, 0.15) is 68.8 Å². The summed E-state index contributed by atoms with van der Waals surface area (Å²) < 4.78 is 0. The molecule has 2 rings (SSSR count). The van der Waals surface area contributed by atoms with Crippen LogP contribution in [0.2, 0.25) is 0 Å². The number of aryl methyl sites for hydroxylation is 1. The molecule has 0 aliphatic heterocycles. The largest absolute Gasteiger partial charge is 0.303 e. The molecule has 29 heavy (non-hydrogen) atoms. The van der Waals surface area contributed by atoms with Gasteiger partial charge in [-0.3, -0.25) is 4.79 Å². The first kappa shape index (κ1) is 22.8. The fourth-order valence-corrected chi connectivity index (χ4v) is 4.46. The van der Waals surface area contributed by atoms with Crippen LogP contribution < -0.4 is 0 Å². The summed E-state index contributed by atoms with van der Waals surface area (Å²) in [5, 5.41) is 2.05. The molecule has 0 aliphatic carbocycles. The van der Waals surface area contributed by atoms with E-state index in [-0.39, 0.29) is 0 Å². The second kappa shape index (κ2) is 10.9. The molecule has 2 aromatic rings. The van der Waals surface area contributed by atoms with Crippen molar-refractivity contribution < 1.29 is 9.59 Å². The van der Waals surface area contributed by atoms with E-state index in [1.165, 1.54) is 0 Å². The van der Waals surface area contributed by atoms with E-state index in [0.29, 0.717) is 5.92 Å². The molecular formula is C27H34O2. The van der Waals surface area contributed by atoms with E-state index in [1.54, 1.807) is 0 Å². The van der Waals surface area contributed by atoms with Crippen molar-refractivity contribution in [3.8, 4) is 0 Å². The van der Waals surface area contributed by atoms with Gasteiger partial charge in [0.25, 0.3) is 0 Å². The Balaban J connectivity index is 2.22. The van der Waals surface area contributed by atoms with Crippen molar-refractivity contribution in [1.29, 1.82) is 0 Å². The fourth-order valence-electron chi connectivity index (χ4n) is 4.46. The van der Waals surface area contributed by atoms with Gasteiger partial charge in [-0.05, 0) is 61.3 Å². The lowest BCUT2D eigenvalue weighted by Crippen LogP contribution is -2.25. The summed E-state index contributed by atoms with van der Waals surface area (Å²) in [6.45, 7) is 10.6. The Hall–Kier alpha value is -2.48. The summed E-state index contributed by atoms with van der Waals surface area (Å²) in [5.74, 6) is 0.431. The van der Waals surface area contributed by atoms with Gasteiger partial charge in [0.2, 0.25) is 0 Å². The van der Waals surface area contributed by atoms with Gasteiger partial charge in [-0.2, -0.15) is 0 Å². The third kappa shape index (κ3) is 6.00. The average molecular weight is 391 g/mol. The van der Waals surface area contributed by atoms with Crippen LogP contribution in [-0.4, -0.2) is 12.6 Å². The van der Waals surface area contributed by atoms with Gasteiger partial charge in [-0.25, -0.2) is 0 Å². The molecule has 2 atom stereocenters. The van der Waals surface area contributed by atoms with E-state index in [1.807, 2.05) is 37.3 Å². The molecule has 0 aromatic heterocycles. The number of carbonyl (C=O) groups is 2. The van der Waals surface area contributed by atoms with Crippen molar-refractivity contribution in [3.63, 3.8) is 0 Å². The van der Waals surface area contributed by atoms with Crippen molar-refractivity contribution in [2.24, 2.45) is 11.3 Å². The zero-order chi connectivity index (χ0) is 21.3. The molecule has 2 nitrogen and oxygen atoms in total. The van der Waals surface area contributed by atoms with Gasteiger partial charge < -0.3 is 4.79 Å². The highest BCUT2D eigenvalue weighted by atomic mass is 16.1. The zero-order valence-electron chi connectivity index (χ0n) is 18.1. The normalized spacial score (nSPS) is 14.6. The topological polar surface area (TPSA) is 34.1 Å². The van der Waals surface area contributed by atoms with Gasteiger partial charge in [0, 0.05) is 11.0 Å². The highest BCUT2D eigenvalue weighted by Gasteiger charge is 2.30. The SMILES string of the molecule is C=C(C[C@H](C)/C=C\C)CC(C=O)(CCC)CCc1ccc2ccccc2c1C=O. The van der Waals surface area contributed by atoms with E-state index < -0.39 is 5.41 Å². The summed E-state index contributed by atoms with van der Waals surface area (Å²) in [5.41, 5.74) is 2.49. The van der Waals surface area contributed by atoms with Crippen molar-refractivity contribution in [2.75, 3.05) is 0 Å². The van der Waals surface area contributed by atoms with Gasteiger partial charge in [-0.1, -0.05) is 81.0 Å². The maximum absolute atomic E-state index is 12.2. The van der Waals surface area contributed by atoms with E-state index >= 15 is 0 Å². The molecular weight excluding hydrogens is 356 g/mol. The zero-order valence-corrected chi connectivity index (χ0v) is 18.1. The van der Waals surface area contributed by atoms with Gasteiger partial charge in [0.15, 0.2) is 6.29 Å². The summed E-state index contributed by atoms with van der Waals surface area (Å²) in [6, 6.07) is 12.1. The van der Waals surface area contributed by atoms with Gasteiger partial charge in [0.1, 0.15) is 6.29 Å².